The summed E-state index contributed by atoms with van der Waals surface area (Å²) in [6.45, 7) is 0. The van der Waals surface area contributed by atoms with Crippen LogP contribution in [0.25, 0.3) is 0 Å². The van der Waals surface area contributed by atoms with Gasteiger partial charge < -0.3 is 5.73 Å². The number of benzene rings is 1. The molecule has 2 N–H and O–H groups in total. The van der Waals surface area contributed by atoms with Crippen molar-refractivity contribution in [2.45, 2.75) is 4.90 Å². The third kappa shape index (κ3) is 2.29. The summed E-state index contributed by atoms with van der Waals surface area (Å²) in [7, 11) is -2.99. The summed E-state index contributed by atoms with van der Waals surface area (Å²) in [5.74, 6) is -2.22. The molecule has 5 nitrogen and oxygen atoms in total. The standard InChI is InChI=1S/C12H11F2N3O2S/c1-17(10-4-2-3-7-16-10)20(18,19)9-6-5-8(13)12(15)11(9)14/h2-7H,15H2,1H3. The molecule has 0 spiro atoms. The van der Waals surface area contributed by atoms with Crippen LogP contribution in [-0.2, 0) is 10.0 Å². The van der Waals surface area contributed by atoms with E-state index in [1.165, 1.54) is 19.3 Å². The van der Waals surface area contributed by atoms with E-state index in [0.717, 1.165) is 16.4 Å². The van der Waals surface area contributed by atoms with Crippen LogP contribution in [0.4, 0.5) is 20.3 Å². The van der Waals surface area contributed by atoms with Gasteiger partial charge in [-0.1, -0.05) is 6.07 Å². The average Bonchev–Trinajstić information content (AvgIpc) is 2.44. The second kappa shape index (κ2) is 5.04. The lowest BCUT2D eigenvalue weighted by atomic mass is 10.3. The van der Waals surface area contributed by atoms with Crippen molar-refractivity contribution in [1.82, 2.24) is 4.98 Å². The number of nitrogen functional groups attached to an aromatic ring is 1. The molecule has 0 aliphatic heterocycles. The lowest BCUT2D eigenvalue weighted by Gasteiger charge is -2.19. The molecular formula is C12H11F2N3O2S. The van der Waals surface area contributed by atoms with Crippen LogP contribution in [-0.4, -0.2) is 20.4 Å². The van der Waals surface area contributed by atoms with E-state index < -0.39 is 32.2 Å². The normalized spacial score (nSPS) is 11.3. The smallest absolute Gasteiger partial charge is 0.268 e. The number of hydrogen-bond acceptors (Lipinski definition) is 4. The third-order valence-corrected chi connectivity index (χ3v) is 4.48. The second-order valence-electron chi connectivity index (χ2n) is 3.93. The minimum Gasteiger partial charge on any atom is -0.394 e. The number of halogens is 2. The molecule has 1 heterocycles. The Morgan fingerprint density at radius 3 is 2.50 bits per heavy atom. The maximum Gasteiger partial charge on any atom is 0.268 e. The number of anilines is 2. The van der Waals surface area contributed by atoms with Gasteiger partial charge in [0.15, 0.2) is 5.82 Å². The Labute approximate surface area is 114 Å². The highest BCUT2D eigenvalue weighted by atomic mass is 32.2. The fourth-order valence-corrected chi connectivity index (χ4v) is 2.79. The van der Waals surface area contributed by atoms with Gasteiger partial charge in [-0.15, -0.1) is 0 Å². The van der Waals surface area contributed by atoms with Crippen LogP contribution >= 0.6 is 0 Å². The molecule has 8 heteroatoms. The van der Waals surface area contributed by atoms with Crippen LogP contribution in [0.3, 0.4) is 0 Å². The van der Waals surface area contributed by atoms with Crippen LogP contribution < -0.4 is 10.0 Å². The molecule has 0 unspecified atom stereocenters. The summed E-state index contributed by atoms with van der Waals surface area (Å²) in [5.41, 5.74) is 4.34. The first-order chi connectivity index (χ1) is 9.35. The van der Waals surface area contributed by atoms with Crippen molar-refractivity contribution in [2.24, 2.45) is 0 Å². The quantitative estimate of drug-likeness (QED) is 0.876. The largest absolute Gasteiger partial charge is 0.394 e. The minimum atomic E-state index is -4.21. The zero-order valence-corrected chi connectivity index (χ0v) is 11.2. The van der Waals surface area contributed by atoms with E-state index >= 15 is 0 Å². The first kappa shape index (κ1) is 14.2. The van der Waals surface area contributed by atoms with Crippen LogP contribution in [0, 0.1) is 11.6 Å². The van der Waals surface area contributed by atoms with Gasteiger partial charge in [-0.2, -0.15) is 0 Å². The van der Waals surface area contributed by atoms with Gasteiger partial charge in [0.2, 0.25) is 0 Å². The predicted molar refractivity (Wildman–Crippen MR) is 70.6 cm³/mol. The van der Waals surface area contributed by atoms with E-state index in [2.05, 4.69) is 4.98 Å². The summed E-state index contributed by atoms with van der Waals surface area (Å²) < 4.78 is 52.3. The minimum absolute atomic E-state index is 0.106. The van der Waals surface area contributed by atoms with E-state index in [1.807, 2.05) is 0 Å². The number of nitrogens with two attached hydrogens (primary N) is 1. The van der Waals surface area contributed by atoms with Gasteiger partial charge in [0, 0.05) is 13.2 Å². The number of nitrogens with zero attached hydrogens (tertiary/aromatic N) is 2. The average molecular weight is 299 g/mol. The summed E-state index contributed by atoms with van der Waals surface area (Å²) in [5, 5.41) is 0. The second-order valence-corrected chi connectivity index (χ2v) is 5.87. The maximum atomic E-state index is 13.8. The van der Waals surface area contributed by atoms with E-state index in [9.17, 15) is 17.2 Å². The fourth-order valence-electron chi connectivity index (χ4n) is 1.56. The van der Waals surface area contributed by atoms with Crippen molar-refractivity contribution in [3.8, 4) is 0 Å². The zero-order valence-electron chi connectivity index (χ0n) is 10.4. The van der Waals surface area contributed by atoms with E-state index in [1.54, 1.807) is 12.1 Å². The van der Waals surface area contributed by atoms with Gasteiger partial charge >= 0.3 is 0 Å². The number of aromatic nitrogens is 1. The Bertz CT molecular complexity index is 736. The van der Waals surface area contributed by atoms with Crippen LogP contribution in [0.1, 0.15) is 0 Å². The van der Waals surface area contributed by atoms with Crippen LogP contribution in [0.5, 0.6) is 0 Å². The molecular weight excluding hydrogens is 288 g/mol. The van der Waals surface area contributed by atoms with E-state index in [-0.39, 0.29) is 5.82 Å². The van der Waals surface area contributed by atoms with E-state index in [4.69, 9.17) is 5.73 Å². The lowest BCUT2D eigenvalue weighted by molar-refractivity contribution is 0.554. The Balaban J connectivity index is 2.54. The molecule has 0 aliphatic rings. The summed E-state index contributed by atoms with van der Waals surface area (Å²) in [4.78, 5) is 3.15. The first-order valence-corrected chi connectivity index (χ1v) is 6.93. The summed E-state index contributed by atoms with van der Waals surface area (Å²) in [6, 6.07) is 6.28. The van der Waals surface area contributed by atoms with Crippen molar-refractivity contribution < 1.29 is 17.2 Å². The Morgan fingerprint density at radius 2 is 1.90 bits per heavy atom. The number of sulfonamides is 1. The highest BCUT2D eigenvalue weighted by molar-refractivity contribution is 7.92. The molecule has 2 rings (SSSR count). The van der Waals surface area contributed by atoms with Crippen molar-refractivity contribution in [3.05, 3.63) is 48.2 Å². The molecule has 2 aromatic rings. The van der Waals surface area contributed by atoms with Gasteiger partial charge in [0.25, 0.3) is 10.0 Å². The highest BCUT2D eigenvalue weighted by Gasteiger charge is 2.27. The zero-order chi connectivity index (χ0) is 14.9. The summed E-state index contributed by atoms with van der Waals surface area (Å²) >= 11 is 0. The lowest BCUT2D eigenvalue weighted by Crippen LogP contribution is -2.28. The Morgan fingerprint density at radius 1 is 1.20 bits per heavy atom. The highest BCUT2D eigenvalue weighted by Crippen LogP contribution is 2.26. The Kier molecular flexibility index (Phi) is 3.58. The number of rotatable bonds is 3. The molecule has 0 saturated carbocycles. The third-order valence-electron chi connectivity index (χ3n) is 2.70. The van der Waals surface area contributed by atoms with Crippen molar-refractivity contribution in [3.63, 3.8) is 0 Å². The van der Waals surface area contributed by atoms with Gasteiger partial charge in [-0.3, -0.25) is 4.31 Å². The van der Waals surface area contributed by atoms with E-state index in [0.29, 0.717) is 0 Å². The monoisotopic (exact) mass is 299 g/mol. The SMILES string of the molecule is CN(c1ccccn1)S(=O)(=O)c1ccc(F)c(N)c1F. The van der Waals surface area contributed by atoms with Gasteiger partial charge in [0.05, 0.1) is 0 Å². The van der Waals surface area contributed by atoms with Crippen molar-refractivity contribution >= 4 is 21.5 Å². The molecule has 1 aromatic heterocycles. The fraction of sp³-hybridized carbons (Fsp3) is 0.0833. The Hall–Kier alpha value is -2.22. The molecule has 20 heavy (non-hydrogen) atoms. The predicted octanol–water partition coefficient (Wildman–Crippen LogP) is 1.77. The van der Waals surface area contributed by atoms with Gasteiger partial charge in [-0.25, -0.2) is 22.2 Å². The van der Waals surface area contributed by atoms with Crippen LogP contribution in [0.2, 0.25) is 0 Å². The van der Waals surface area contributed by atoms with Gasteiger partial charge in [-0.05, 0) is 24.3 Å². The number of hydrogen-bond donors (Lipinski definition) is 1. The molecule has 0 bridgehead atoms. The molecule has 0 radical (unpaired) electrons. The first-order valence-electron chi connectivity index (χ1n) is 5.49. The van der Waals surface area contributed by atoms with Crippen molar-refractivity contribution in [1.29, 1.82) is 0 Å². The molecule has 0 aliphatic carbocycles. The van der Waals surface area contributed by atoms with Crippen LogP contribution in [0.15, 0.2) is 41.4 Å². The molecule has 0 amide bonds. The molecule has 0 fully saturated rings. The summed E-state index contributed by atoms with van der Waals surface area (Å²) in [6.07, 6.45) is 1.40. The number of pyridine rings is 1. The molecule has 1 aromatic carbocycles. The maximum absolute atomic E-state index is 13.8. The molecule has 106 valence electrons. The molecule has 0 atom stereocenters. The van der Waals surface area contributed by atoms with Gasteiger partial charge in [0.1, 0.15) is 22.2 Å². The molecule has 0 saturated heterocycles. The topological polar surface area (TPSA) is 76.3 Å². The van der Waals surface area contributed by atoms with Crippen molar-refractivity contribution in [2.75, 3.05) is 17.1 Å².